The molecule has 0 fully saturated rings. The molecule has 138 valence electrons. The number of rotatable bonds is 5. The molecular formula is C20H18N2O5. The van der Waals surface area contributed by atoms with Crippen molar-refractivity contribution in [1.29, 1.82) is 0 Å². The average molecular weight is 366 g/mol. The number of esters is 1. The van der Waals surface area contributed by atoms with Gasteiger partial charge in [0.05, 0.1) is 0 Å². The smallest absolute Gasteiger partial charge is 0.375 e. The summed E-state index contributed by atoms with van der Waals surface area (Å²) in [5, 5.41) is 3.42. The van der Waals surface area contributed by atoms with Crippen LogP contribution in [0.1, 0.15) is 33.4 Å². The van der Waals surface area contributed by atoms with Crippen LogP contribution < -0.4 is 11.1 Å². The largest absolute Gasteiger partial charge is 0.449 e. The molecule has 0 unspecified atom stereocenters. The fourth-order valence-corrected chi connectivity index (χ4v) is 2.60. The fourth-order valence-electron chi connectivity index (χ4n) is 2.60. The number of fused-ring (bicyclic) bond motifs is 1. The van der Waals surface area contributed by atoms with Crippen LogP contribution in [0.2, 0.25) is 0 Å². The van der Waals surface area contributed by atoms with Gasteiger partial charge < -0.3 is 20.2 Å². The molecule has 27 heavy (non-hydrogen) atoms. The van der Waals surface area contributed by atoms with Crippen LogP contribution in [0.15, 0.2) is 52.9 Å². The number of hydrogen-bond donors (Lipinski definition) is 2. The minimum absolute atomic E-state index is 0.0710. The van der Waals surface area contributed by atoms with E-state index < -0.39 is 23.9 Å². The van der Waals surface area contributed by atoms with E-state index in [0.717, 1.165) is 5.39 Å². The van der Waals surface area contributed by atoms with Crippen molar-refractivity contribution in [3.63, 3.8) is 0 Å². The second kappa shape index (κ2) is 7.33. The molecule has 7 nitrogen and oxygen atoms in total. The molecule has 0 bridgehead atoms. The summed E-state index contributed by atoms with van der Waals surface area (Å²) in [5.74, 6) is -1.71. The van der Waals surface area contributed by atoms with Crippen LogP contribution in [0.3, 0.4) is 0 Å². The Labute approximate surface area is 155 Å². The molecule has 1 atom stereocenters. The maximum absolute atomic E-state index is 12.4. The van der Waals surface area contributed by atoms with E-state index in [0.29, 0.717) is 22.4 Å². The number of anilines is 1. The zero-order valence-corrected chi connectivity index (χ0v) is 14.8. The number of benzene rings is 2. The van der Waals surface area contributed by atoms with Crippen LogP contribution in [-0.2, 0) is 9.53 Å². The van der Waals surface area contributed by atoms with Crippen LogP contribution in [-0.4, -0.2) is 23.9 Å². The van der Waals surface area contributed by atoms with Crippen LogP contribution >= 0.6 is 0 Å². The lowest BCUT2D eigenvalue weighted by molar-refractivity contribution is -0.123. The first-order valence-electron chi connectivity index (χ1n) is 8.26. The van der Waals surface area contributed by atoms with E-state index >= 15 is 0 Å². The van der Waals surface area contributed by atoms with Crippen LogP contribution in [0, 0.1) is 6.92 Å². The van der Waals surface area contributed by atoms with E-state index in [-0.39, 0.29) is 5.76 Å². The second-order valence-electron chi connectivity index (χ2n) is 6.03. The zero-order valence-electron chi connectivity index (χ0n) is 14.8. The highest BCUT2D eigenvalue weighted by atomic mass is 16.6. The minimum atomic E-state index is -1.04. The number of carbonyl (C=O) groups is 3. The summed E-state index contributed by atoms with van der Waals surface area (Å²) in [6.07, 6.45) is -1.04. The van der Waals surface area contributed by atoms with Gasteiger partial charge in [0, 0.05) is 22.2 Å². The quantitative estimate of drug-likeness (QED) is 0.674. The average Bonchev–Trinajstić information content (AvgIpc) is 2.99. The SMILES string of the molecule is Cc1c(C(=O)O[C@@H](C)C(=O)Nc2ccc(C(N)=O)cc2)oc2ccccc12. The van der Waals surface area contributed by atoms with Crippen molar-refractivity contribution in [2.24, 2.45) is 5.73 Å². The molecule has 0 spiro atoms. The summed E-state index contributed by atoms with van der Waals surface area (Å²) < 4.78 is 10.8. The van der Waals surface area contributed by atoms with Gasteiger partial charge in [-0.2, -0.15) is 0 Å². The highest BCUT2D eigenvalue weighted by Crippen LogP contribution is 2.25. The van der Waals surface area contributed by atoms with Gasteiger partial charge in [0.25, 0.3) is 5.91 Å². The van der Waals surface area contributed by atoms with Crippen molar-refractivity contribution < 1.29 is 23.5 Å². The Balaban J connectivity index is 1.67. The van der Waals surface area contributed by atoms with Crippen LogP contribution in [0.4, 0.5) is 5.69 Å². The van der Waals surface area contributed by atoms with Crippen molar-refractivity contribution in [2.45, 2.75) is 20.0 Å². The van der Waals surface area contributed by atoms with Gasteiger partial charge in [-0.05, 0) is 44.2 Å². The summed E-state index contributed by atoms with van der Waals surface area (Å²) in [7, 11) is 0. The number of furan rings is 1. The van der Waals surface area contributed by atoms with E-state index in [9.17, 15) is 14.4 Å². The molecule has 0 saturated heterocycles. The molecule has 1 heterocycles. The van der Waals surface area contributed by atoms with E-state index in [1.54, 1.807) is 19.1 Å². The van der Waals surface area contributed by atoms with E-state index in [2.05, 4.69) is 5.32 Å². The van der Waals surface area contributed by atoms with Crippen molar-refractivity contribution in [3.8, 4) is 0 Å². The second-order valence-corrected chi connectivity index (χ2v) is 6.03. The summed E-state index contributed by atoms with van der Waals surface area (Å²) >= 11 is 0. The van der Waals surface area contributed by atoms with Crippen molar-refractivity contribution in [2.75, 3.05) is 5.32 Å². The number of para-hydroxylation sites is 1. The molecule has 0 radical (unpaired) electrons. The Kier molecular flexibility index (Phi) is 4.94. The topological polar surface area (TPSA) is 112 Å². The summed E-state index contributed by atoms with van der Waals surface area (Å²) in [4.78, 5) is 35.7. The molecule has 2 amide bonds. The summed E-state index contributed by atoms with van der Waals surface area (Å²) in [5.41, 5.74) is 7.18. The molecule has 3 aromatic rings. The monoisotopic (exact) mass is 366 g/mol. The highest BCUT2D eigenvalue weighted by Gasteiger charge is 2.24. The molecule has 0 aliphatic rings. The predicted molar refractivity (Wildman–Crippen MR) is 99.4 cm³/mol. The van der Waals surface area contributed by atoms with Crippen molar-refractivity contribution >= 4 is 34.4 Å². The third-order valence-corrected chi connectivity index (χ3v) is 4.12. The number of amides is 2. The van der Waals surface area contributed by atoms with E-state index in [4.69, 9.17) is 14.9 Å². The van der Waals surface area contributed by atoms with Gasteiger partial charge >= 0.3 is 5.97 Å². The first-order valence-corrected chi connectivity index (χ1v) is 8.26. The van der Waals surface area contributed by atoms with E-state index in [1.807, 2.05) is 12.1 Å². The first-order chi connectivity index (χ1) is 12.9. The standard InChI is InChI=1S/C20H18N2O5/c1-11-15-5-3-4-6-16(15)27-17(11)20(25)26-12(2)19(24)22-14-9-7-13(8-10-14)18(21)23/h3-10,12H,1-2H3,(H2,21,23)(H,22,24)/t12-/m0/s1. The molecule has 0 aliphatic carbocycles. The van der Waals surface area contributed by atoms with Crippen LogP contribution in [0.25, 0.3) is 11.0 Å². The summed E-state index contributed by atoms with van der Waals surface area (Å²) in [6.45, 7) is 3.22. The van der Waals surface area contributed by atoms with Gasteiger partial charge in [0.1, 0.15) is 5.58 Å². The first kappa shape index (κ1) is 18.2. The number of nitrogens with two attached hydrogens (primary N) is 1. The molecule has 0 saturated carbocycles. The van der Waals surface area contributed by atoms with Crippen molar-refractivity contribution in [3.05, 3.63) is 65.4 Å². The number of ether oxygens (including phenoxy) is 1. The van der Waals surface area contributed by atoms with Gasteiger partial charge in [-0.3, -0.25) is 9.59 Å². The summed E-state index contributed by atoms with van der Waals surface area (Å²) in [6, 6.07) is 13.3. The van der Waals surface area contributed by atoms with Gasteiger partial charge in [-0.25, -0.2) is 4.79 Å². The molecule has 1 aromatic heterocycles. The fraction of sp³-hybridized carbons (Fsp3) is 0.150. The van der Waals surface area contributed by atoms with Crippen molar-refractivity contribution in [1.82, 2.24) is 0 Å². The Morgan fingerprint density at radius 2 is 1.74 bits per heavy atom. The van der Waals surface area contributed by atoms with E-state index in [1.165, 1.54) is 31.2 Å². The Bertz CT molecular complexity index is 1020. The number of carbonyl (C=O) groups excluding carboxylic acids is 3. The Hall–Kier alpha value is -3.61. The number of nitrogens with one attached hydrogen (secondary N) is 1. The molecule has 3 N–H and O–H groups in total. The molecule has 0 aliphatic heterocycles. The Morgan fingerprint density at radius 1 is 1.07 bits per heavy atom. The van der Waals surface area contributed by atoms with Gasteiger partial charge in [-0.1, -0.05) is 18.2 Å². The number of aryl methyl sites for hydroxylation is 1. The lowest BCUT2D eigenvalue weighted by Crippen LogP contribution is -2.30. The highest BCUT2D eigenvalue weighted by molar-refractivity contribution is 5.99. The Morgan fingerprint density at radius 3 is 2.37 bits per heavy atom. The maximum atomic E-state index is 12.4. The molecule has 2 aromatic carbocycles. The predicted octanol–water partition coefficient (Wildman–Crippen LogP) is 3.02. The lowest BCUT2D eigenvalue weighted by atomic mass is 10.1. The molecule has 3 rings (SSSR count). The lowest BCUT2D eigenvalue weighted by Gasteiger charge is -2.13. The molecular weight excluding hydrogens is 348 g/mol. The van der Waals surface area contributed by atoms with Gasteiger partial charge in [-0.15, -0.1) is 0 Å². The third-order valence-electron chi connectivity index (χ3n) is 4.12. The van der Waals surface area contributed by atoms with Crippen LogP contribution in [0.5, 0.6) is 0 Å². The van der Waals surface area contributed by atoms with Gasteiger partial charge in [0.2, 0.25) is 11.7 Å². The zero-order chi connectivity index (χ0) is 19.6. The normalized spacial score (nSPS) is 11.8. The minimum Gasteiger partial charge on any atom is -0.449 e. The maximum Gasteiger partial charge on any atom is 0.375 e. The number of hydrogen-bond acceptors (Lipinski definition) is 5. The van der Waals surface area contributed by atoms with Gasteiger partial charge in [0.15, 0.2) is 6.10 Å². The number of primary amides is 1. The molecule has 7 heteroatoms. The third kappa shape index (κ3) is 3.82.